The number of aliphatic carboxylic acids is 1. The molecule has 0 saturated carbocycles. The van der Waals surface area contributed by atoms with Crippen LogP contribution in [0, 0.1) is 5.41 Å². The van der Waals surface area contributed by atoms with Gasteiger partial charge in [-0.2, -0.15) is 0 Å². The number of carbonyl (C=O) groups is 2. The Labute approximate surface area is 102 Å². The SMILES string of the molecule is CCCC(CC(O)CC)(C(=O)O)C(=O)OCC. The maximum absolute atomic E-state index is 11.8. The number of carbonyl (C=O) groups excluding carboxylic acids is 1. The molecule has 0 aromatic heterocycles. The summed E-state index contributed by atoms with van der Waals surface area (Å²) in [6.07, 6.45) is 0.241. The number of ether oxygens (including phenoxy) is 1. The quantitative estimate of drug-likeness (QED) is 0.502. The summed E-state index contributed by atoms with van der Waals surface area (Å²) in [7, 11) is 0. The molecule has 0 aliphatic heterocycles. The van der Waals surface area contributed by atoms with E-state index in [-0.39, 0.29) is 19.4 Å². The van der Waals surface area contributed by atoms with Crippen molar-refractivity contribution in [3.05, 3.63) is 0 Å². The number of aliphatic hydroxyl groups excluding tert-OH is 1. The molecule has 0 saturated heterocycles. The maximum atomic E-state index is 11.8. The lowest BCUT2D eigenvalue weighted by atomic mass is 9.78. The average Bonchev–Trinajstić information content (AvgIpc) is 2.28. The van der Waals surface area contributed by atoms with E-state index >= 15 is 0 Å². The zero-order chi connectivity index (χ0) is 13.5. The molecule has 0 heterocycles. The molecule has 5 heteroatoms. The van der Waals surface area contributed by atoms with E-state index in [0.717, 1.165) is 0 Å². The maximum Gasteiger partial charge on any atom is 0.323 e. The van der Waals surface area contributed by atoms with E-state index in [1.54, 1.807) is 20.8 Å². The highest BCUT2D eigenvalue weighted by atomic mass is 16.5. The van der Waals surface area contributed by atoms with Gasteiger partial charge in [-0.3, -0.25) is 9.59 Å². The Morgan fingerprint density at radius 1 is 1.29 bits per heavy atom. The van der Waals surface area contributed by atoms with Gasteiger partial charge >= 0.3 is 11.9 Å². The van der Waals surface area contributed by atoms with Crippen molar-refractivity contribution in [3.63, 3.8) is 0 Å². The van der Waals surface area contributed by atoms with E-state index in [9.17, 15) is 19.8 Å². The van der Waals surface area contributed by atoms with Gasteiger partial charge in [-0.1, -0.05) is 20.3 Å². The summed E-state index contributed by atoms with van der Waals surface area (Å²) < 4.78 is 4.84. The summed E-state index contributed by atoms with van der Waals surface area (Å²) in [5, 5.41) is 18.9. The Hall–Kier alpha value is -1.10. The Morgan fingerprint density at radius 2 is 1.88 bits per heavy atom. The molecule has 2 unspecified atom stereocenters. The first-order valence-electron chi connectivity index (χ1n) is 6.03. The molecule has 2 atom stereocenters. The summed E-state index contributed by atoms with van der Waals surface area (Å²) in [4.78, 5) is 23.2. The van der Waals surface area contributed by atoms with Gasteiger partial charge in [-0.15, -0.1) is 0 Å². The van der Waals surface area contributed by atoms with Crippen LogP contribution in [0.15, 0.2) is 0 Å². The molecule has 0 spiro atoms. The second-order valence-corrected chi connectivity index (χ2v) is 4.12. The minimum atomic E-state index is -1.61. The van der Waals surface area contributed by atoms with Crippen LogP contribution >= 0.6 is 0 Å². The van der Waals surface area contributed by atoms with E-state index < -0.39 is 23.5 Å². The number of aliphatic hydroxyl groups is 1. The van der Waals surface area contributed by atoms with Crippen molar-refractivity contribution in [2.24, 2.45) is 5.41 Å². The molecule has 17 heavy (non-hydrogen) atoms. The third kappa shape index (κ3) is 4.00. The van der Waals surface area contributed by atoms with Crippen molar-refractivity contribution in [1.82, 2.24) is 0 Å². The van der Waals surface area contributed by atoms with Gasteiger partial charge < -0.3 is 14.9 Å². The highest BCUT2D eigenvalue weighted by Gasteiger charge is 2.47. The Balaban J connectivity index is 5.11. The highest BCUT2D eigenvalue weighted by Crippen LogP contribution is 2.32. The number of esters is 1. The number of hydrogen-bond donors (Lipinski definition) is 2. The number of carboxylic acids is 1. The first kappa shape index (κ1) is 15.9. The molecule has 0 rings (SSSR count). The Bertz CT molecular complexity index is 264. The lowest BCUT2D eigenvalue weighted by Gasteiger charge is -2.28. The largest absolute Gasteiger partial charge is 0.480 e. The van der Waals surface area contributed by atoms with E-state index in [1.807, 2.05) is 0 Å². The molecule has 0 aliphatic carbocycles. The van der Waals surface area contributed by atoms with Crippen molar-refractivity contribution < 1.29 is 24.5 Å². The molecule has 5 nitrogen and oxygen atoms in total. The molecule has 0 amide bonds. The Kier molecular flexibility index (Phi) is 6.80. The first-order chi connectivity index (χ1) is 7.94. The van der Waals surface area contributed by atoms with Crippen molar-refractivity contribution in [1.29, 1.82) is 0 Å². The number of hydrogen-bond acceptors (Lipinski definition) is 4. The fourth-order valence-electron chi connectivity index (χ4n) is 1.81. The van der Waals surface area contributed by atoms with Crippen LogP contribution in [0.5, 0.6) is 0 Å². The van der Waals surface area contributed by atoms with Crippen molar-refractivity contribution in [2.45, 2.75) is 52.6 Å². The van der Waals surface area contributed by atoms with Gasteiger partial charge in [0.2, 0.25) is 0 Å². The second kappa shape index (κ2) is 7.27. The van der Waals surface area contributed by atoms with Crippen LogP contribution in [0.2, 0.25) is 0 Å². The van der Waals surface area contributed by atoms with Gasteiger partial charge in [0.25, 0.3) is 0 Å². The standard InChI is InChI=1S/C12H22O5/c1-4-7-12(10(14)15,8-9(13)5-2)11(16)17-6-3/h9,13H,4-8H2,1-3H3,(H,14,15). The first-order valence-corrected chi connectivity index (χ1v) is 6.03. The zero-order valence-electron chi connectivity index (χ0n) is 10.7. The van der Waals surface area contributed by atoms with Crippen LogP contribution in [0.25, 0.3) is 0 Å². The molecule has 0 aliphatic rings. The van der Waals surface area contributed by atoms with Crippen LogP contribution in [0.1, 0.15) is 46.5 Å². The predicted octanol–water partition coefficient (Wildman–Crippen LogP) is 1.58. The van der Waals surface area contributed by atoms with Crippen LogP contribution in [-0.2, 0) is 14.3 Å². The average molecular weight is 246 g/mol. The van der Waals surface area contributed by atoms with E-state index in [1.165, 1.54) is 0 Å². The molecular weight excluding hydrogens is 224 g/mol. The fourth-order valence-corrected chi connectivity index (χ4v) is 1.81. The fraction of sp³-hybridized carbons (Fsp3) is 0.833. The monoisotopic (exact) mass is 246 g/mol. The highest BCUT2D eigenvalue weighted by molar-refractivity contribution is 5.99. The van der Waals surface area contributed by atoms with E-state index in [4.69, 9.17) is 4.74 Å². The molecule has 0 aromatic rings. The number of carboxylic acid groups (broad SMARTS) is 1. The van der Waals surface area contributed by atoms with Gasteiger partial charge in [-0.05, 0) is 19.8 Å². The van der Waals surface area contributed by atoms with Crippen molar-refractivity contribution in [3.8, 4) is 0 Å². The predicted molar refractivity (Wildman–Crippen MR) is 62.5 cm³/mol. The lowest BCUT2D eigenvalue weighted by molar-refractivity contribution is -0.172. The van der Waals surface area contributed by atoms with Crippen LogP contribution < -0.4 is 0 Å². The third-order valence-electron chi connectivity index (χ3n) is 2.81. The van der Waals surface area contributed by atoms with Crippen LogP contribution in [0.4, 0.5) is 0 Å². The number of rotatable bonds is 8. The minimum Gasteiger partial charge on any atom is -0.480 e. The molecule has 0 fully saturated rings. The third-order valence-corrected chi connectivity index (χ3v) is 2.81. The Morgan fingerprint density at radius 3 is 2.24 bits per heavy atom. The summed E-state index contributed by atoms with van der Waals surface area (Å²) in [5.74, 6) is -1.97. The van der Waals surface area contributed by atoms with Crippen LogP contribution in [0.3, 0.4) is 0 Å². The summed E-state index contributed by atoms with van der Waals surface area (Å²) in [6.45, 7) is 5.32. The van der Waals surface area contributed by atoms with Gasteiger partial charge in [0.15, 0.2) is 5.41 Å². The molecule has 0 aromatic carbocycles. The lowest BCUT2D eigenvalue weighted by Crippen LogP contribution is -2.43. The van der Waals surface area contributed by atoms with E-state index in [2.05, 4.69) is 0 Å². The topological polar surface area (TPSA) is 83.8 Å². The van der Waals surface area contributed by atoms with Crippen molar-refractivity contribution in [2.75, 3.05) is 6.61 Å². The molecule has 0 radical (unpaired) electrons. The summed E-state index contributed by atoms with van der Waals surface area (Å²) in [6, 6.07) is 0. The van der Waals surface area contributed by atoms with E-state index in [0.29, 0.717) is 12.8 Å². The van der Waals surface area contributed by atoms with Gasteiger partial charge in [0.1, 0.15) is 0 Å². The van der Waals surface area contributed by atoms with Crippen LogP contribution in [-0.4, -0.2) is 34.9 Å². The summed E-state index contributed by atoms with van der Waals surface area (Å²) >= 11 is 0. The summed E-state index contributed by atoms with van der Waals surface area (Å²) in [5.41, 5.74) is -1.61. The molecule has 100 valence electrons. The minimum absolute atomic E-state index is 0.0918. The molecule has 0 bridgehead atoms. The van der Waals surface area contributed by atoms with Gasteiger partial charge in [-0.25, -0.2) is 0 Å². The van der Waals surface area contributed by atoms with Gasteiger partial charge in [0.05, 0.1) is 12.7 Å². The smallest absolute Gasteiger partial charge is 0.323 e. The molecule has 2 N–H and O–H groups in total. The van der Waals surface area contributed by atoms with Crippen molar-refractivity contribution >= 4 is 11.9 Å². The zero-order valence-corrected chi connectivity index (χ0v) is 10.7. The second-order valence-electron chi connectivity index (χ2n) is 4.12. The molecular formula is C12H22O5. The normalized spacial score (nSPS) is 16.0. The van der Waals surface area contributed by atoms with Gasteiger partial charge in [0, 0.05) is 6.42 Å².